The summed E-state index contributed by atoms with van der Waals surface area (Å²) in [5, 5.41) is 14.8. The Labute approximate surface area is 117 Å². The van der Waals surface area contributed by atoms with E-state index >= 15 is 0 Å². The van der Waals surface area contributed by atoms with Gasteiger partial charge in [-0.1, -0.05) is 25.4 Å². The second-order valence-corrected chi connectivity index (χ2v) is 6.58. The summed E-state index contributed by atoms with van der Waals surface area (Å²) in [4.78, 5) is 11.7. The lowest BCUT2D eigenvalue weighted by Crippen LogP contribution is -2.22. The minimum absolute atomic E-state index is 0.0602. The second-order valence-electron chi connectivity index (χ2n) is 5.18. The van der Waals surface area contributed by atoms with Gasteiger partial charge in [-0.2, -0.15) is 0 Å². The van der Waals surface area contributed by atoms with Crippen molar-refractivity contribution in [3.8, 4) is 0 Å². The lowest BCUT2D eigenvalue weighted by atomic mass is 9.84. The molecule has 0 saturated carbocycles. The van der Waals surface area contributed by atoms with Crippen LogP contribution >= 0.6 is 22.9 Å². The third kappa shape index (κ3) is 5.85. The first-order valence-corrected chi connectivity index (χ1v) is 7.31. The third-order valence-corrected chi connectivity index (χ3v) is 4.36. The first kappa shape index (κ1) is 15.5. The maximum Gasteiger partial charge on any atom is 0.303 e. The molecule has 0 saturated heterocycles. The zero-order valence-electron chi connectivity index (χ0n) is 10.8. The van der Waals surface area contributed by atoms with Gasteiger partial charge in [-0.3, -0.25) is 4.79 Å². The van der Waals surface area contributed by atoms with Crippen LogP contribution in [0.4, 0.5) is 0 Å². The van der Waals surface area contributed by atoms with Crippen LogP contribution in [0.1, 0.15) is 38.0 Å². The van der Waals surface area contributed by atoms with E-state index in [9.17, 15) is 4.79 Å². The van der Waals surface area contributed by atoms with E-state index < -0.39 is 5.97 Å². The van der Waals surface area contributed by atoms with Gasteiger partial charge in [0.2, 0.25) is 0 Å². The van der Waals surface area contributed by atoms with Gasteiger partial charge in [0.1, 0.15) is 0 Å². The van der Waals surface area contributed by atoms with Crippen molar-refractivity contribution in [3.05, 3.63) is 21.3 Å². The van der Waals surface area contributed by atoms with Crippen LogP contribution < -0.4 is 5.32 Å². The van der Waals surface area contributed by atoms with E-state index in [4.69, 9.17) is 16.7 Å². The number of halogens is 1. The predicted octanol–water partition coefficient (Wildman–Crippen LogP) is 3.77. The summed E-state index contributed by atoms with van der Waals surface area (Å²) in [6, 6.07) is 1.90. The van der Waals surface area contributed by atoms with Crippen LogP contribution in [-0.2, 0) is 11.3 Å². The Balaban J connectivity index is 2.20. The molecule has 2 N–H and O–H groups in total. The van der Waals surface area contributed by atoms with E-state index in [-0.39, 0.29) is 11.8 Å². The maximum absolute atomic E-state index is 10.5. The van der Waals surface area contributed by atoms with Crippen molar-refractivity contribution in [2.75, 3.05) is 6.54 Å². The van der Waals surface area contributed by atoms with Crippen molar-refractivity contribution in [2.45, 2.75) is 39.7 Å². The molecule has 102 valence electrons. The molecule has 0 radical (unpaired) electrons. The van der Waals surface area contributed by atoms with Crippen molar-refractivity contribution in [2.24, 2.45) is 5.41 Å². The number of hydrogen-bond acceptors (Lipinski definition) is 3. The highest BCUT2D eigenvalue weighted by Crippen LogP contribution is 2.26. The topological polar surface area (TPSA) is 49.3 Å². The van der Waals surface area contributed by atoms with E-state index in [1.807, 2.05) is 11.4 Å². The largest absolute Gasteiger partial charge is 0.481 e. The number of aliphatic carboxylic acids is 1. The SMILES string of the molecule is CC(C)(CCNCc1sccc1Cl)CCC(=O)O. The number of hydrogen-bond donors (Lipinski definition) is 2. The maximum atomic E-state index is 10.5. The third-order valence-electron chi connectivity index (χ3n) is 2.97. The molecule has 3 nitrogen and oxygen atoms in total. The number of thiophene rings is 1. The molecule has 0 fully saturated rings. The van der Waals surface area contributed by atoms with Crippen molar-refractivity contribution < 1.29 is 9.90 Å². The first-order valence-electron chi connectivity index (χ1n) is 6.05. The number of nitrogens with one attached hydrogen (secondary N) is 1. The van der Waals surface area contributed by atoms with E-state index in [0.29, 0.717) is 6.42 Å². The standard InChI is InChI=1S/C13H20ClNO2S/c1-13(2,5-3-12(16)17)6-7-15-9-11-10(14)4-8-18-11/h4,8,15H,3,5-7,9H2,1-2H3,(H,16,17). The van der Waals surface area contributed by atoms with E-state index in [1.54, 1.807) is 11.3 Å². The Morgan fingerprint density at radius 1 is 1.50 bits per heavy atom. The molecule has 1 aromatic rings. The smallest absolute Gasteiger partial charge is 0.303 e. The van der Waals surface area contributed by atoms with E-state index in [2.05, 4.69) is 19.2 Å². The summed E-state index contributed by atoms with van der Waals surface area (Å²) < 4.78 is 0. The number of carboxylic acids is 1. The minimum atomic E-state index is -0.721. The minimum Gasteiger partial charge on any atom is -0.481 e. The summed E-state index contributed by atoms with van der Waals surface area (Å²) in [7, 11) is 0. The van der Waals surface area contributed by atoms with Gasteiger partial charge in [-0.15, -0.1) is 11.3 Å². The molecule has 1 rings (SSSR count). The summed E-state index contributed by atoms with van der Waals surface area (Å²) in [6.07, 6.45) is 1.91. The molecular weight excluding hydrogens is 270 g/mol. The number of carboxylic acid groups (broad SMARTS) is 1. The molecule has 0 unspecified atom stereocenters. The van der Waals surface area contributed by atoms with Crippen LogP contribution in [0.5, 0.6) is 0 Å². The molecular formula is C13H20ClNO2S. The molecule has 0 aliphatic carbocycles. The van der Waals surface area contributed by atoms with Gasteiger partial charge in [-0.25, -0.2) is 0 Å². The molecule has 18 heavy (non-hydrogen) atoms. The molecule has 0 aliphatic heterocycles. The molecule has 1 aromatic heterocycles. The van der Waals surface area contributed by atoms with Crippen LogP contribution in [0.25, 0.3) is 0 Å². The Kier molecular flexibility index (Phi) is 6.12. The predicted molar refractivity (Wildman–Crippen MR) is 76.3 cm³/mol. The molecule has 5 heteroatoms. The van der Waals surface area contributed by atoms with Crippen molar-refractivity contribution in [1.82, 2.24) is 5.32 Å². The first-order chi connectivity index (χ1) is 8.41. The summed E-state index contributed by atoms with van der Waals surface area (Å²) in [5.41, 5.74) is 0.0602. The van der Waals surface area contributed by atoms with Crippen LogP contribution in [0.2, 0.25) is 5.02 Å². The van der Waals surface area contributed by atoms with Crippen LogP contribution in [-0.4, -0.2) is 17.6 Å². The van der Waals surface area contributed by atoms with Gasteiger partial charge in [0, 0.05) is 17.8 Å². The average Bonchev–Trinajstić information content (AvgIpc) is 2.68. The van der Waals surface area contributed by atoms with Crippen molar-refractivity contribution in [1.29, 1.82) is 0 Å². The molecule has 0 amide bonds. The normalized spacial score (nSPS) is 11.7. The Bertz CT molecular complexity index is 390. The monoisotopic (exact) mass is 289 g/mol. The van der Waals surface area contributed by atoms with Crippen molar-refractivity contribution in [3.63, 3.8) is 0 Å². The second kappa shape index (κ2) is 7.12. The van der Waals surface area contributed by atoms with Crippen LogP contribution in [0.3, 0.4) is 0 Å². The van der Waals surface area contributed by atoms with E-state index in [1.165, 1.54) is 0 Å². The molecule has 0 aliphatic rings. The molecule has 0 spiro atoms. The van der Waals surface area contributed by atoms with Crippen LogP contribution in [0.15, 0.2) is 11.4 Å². The quantitative estimate of drug-likeness (QED) is 0.716. The lowest BCUT2D eigenvalue weighted by Gasteiger charge is -2.23. The molecule has 1 heterocycles. The zero-order valence-corrected chi connectivity index (χ0v) is 12.4. The summed E-state index contributed by atoms with van der Waals surface area (Å²) in [5.74, 6) is -0.721. The van der Waals surface area contributed by atoms with Gasteiger partial charge in [0.15, 0.2) is 0 Å². The van der Waals surface area contributed by atoms with Gasteiger partial charge in [-0.05, 0) is 36.2 Å². The Morgan fingerprint density at radius 3 is 2.78 bits per heavy atom. The zero-order chi connectivity index (χ0) is 13.6. The highest BCUT2D eigenvalue weighted by molar-refractivity contribution is 7.10. The summed E-state index contributed by atoms with van der Waals surface area (Å²) >= 11 is 7.65. The fraction of sp³-hybridized carbons (Fsp3) is 0.615. The lowest BCUT2D eigenvalue weighted by molar-refractivity contribution is -0.137. The molecule has 0 atom stereocenters. The van der Waals surface area contributed by atoms with E-state index in [0.717, 1.165) is 29.4 Å². The van der Waals surface area contributed by atoms with Gasteiger partial charge >= 0.3 is 5.97 Å². The average molecular weight is 290 g/mol. The highest BCUT2D eigenvalue weighted by atomic mass is 35.5. The fourth-order valence-electron chi connectivity index (χ4n) is 1.65. The van der Waals surface area contributed by atoms with Crippen LogP contribution in [0, 0.1) is 5.41 Å². The highest BCUT2D eigenvalue weighted by Gasteiger charge is 2.18. The summed E-state index contributed by atoms with van der Waals surface area (Å²) in [6.45, 7) is 5.87. The Morgan fingerprint density at radius 2 is 2.22 bits per heavy atom. The van der Waals surface area contributed by atoms with Gasteiger partial charge < -0.3 is 10.4 Å². The van der Waals surface area contributed by atoms with Gasteiger partial charge in [0.05, 0.1) is 5.02 Å². The van der Waals surface area contributed by atoms with Crippen molar-refractivity contribution >= 4 is 28.9 Å². The molecule has 0 aromatic carbocycles. The van der Waals surface area contributed by atoms with Gasteiger partial charge in [0.25, 0.3) is 0 Å². The molecule has 0 bridgehead atoms. The Hall–Kier alpha value is -0.580. The number of rotatable bonds is 8. The number of carbonyl (C=O) groups is 1. The fourth-order valence-corrected chi connectivity index (χ4v) is 2.72.